The Hall–Kier alpha value is -1.56. The van der Waals surface area contributed by atoms with Crippen molar-refractivity contribution in [3.8, 4) is 0 Å². The van der Waals surface area contributed by atoms with E-state index in [4.69, 9.17) is 0 Å². The number of carbonyl (C=O) groups is 1. The Morgan fingerprint density at radius 2 is 1.89 bits per heavy atom. The number of nitrogens with zero attached hydrogens (tertiary/aromatic N) is 1. The summed E-state index contributed by atoms with van der Waals surface area (Å²) in [5.74, 6) is 0.0637. The van der Waals surface area contributed by atoms with Gasteiger partial charge in [-0.15, -0.1) is 0 Å². The van der Waals surface area contributed by atoms with Crippen LogP contribution in [-0.2, 0) is 14.8 Å². The second-order valence-corrected chi connectivity index (χ2v) is 6.34. The predicted octanol–water partition coefficient (Wildman–Crippen LogP) is 1.57. The first-order chi connectivity index (χ1) is 8.49. The molecule has 1 aliphatic heterocycles. The van der Waals surface area contributed by atoms with E-state index in [0.717, 1.165) is 12.8 Å². The maximum Gasteiger partial charge on any atom is 0.235 e. The van der Waals surface area contributed by atoms with Crippen LogP contribution < -0.4 is 9.62 Å². The summed E-state index contributed by atoms with van der Waals surface area (Å²) >= 11 is 0. The molecule has 18 heavy (non-hydrogen) atoms. The van der Waals surface area contributed by atoms with Crippen LogP contribution in [0.2, 0.25) is 0 Å². The van der Waals surface area contributed by atoms with Crippen molar-refractivity contribution in [2.45, 2.75) is 19.8 Å². The third kappa shape index (κ3) is 2.81. The number of hydrogen-bond donors (Lipinski definition) is 1. The highest BCUT2D eigenvalue weighted by Gasteiger charge is 2.25. The lowest BCUT2D eigenvalue weighted by Gasteiger charge is -2.28. The number of hydrogen-bond acceptors (Lipinski definition) is 3. The number of benzene rings is 1. The maximum atomic E-state index is 11.9. The van der Waals surface area contributed by atoms with Gasteiger partial charge >= 0.3 is 0 Å². The van der Waals surface area contributed by atoms with Gasteiger partial charge in [0.05, 0.1) is 11.4 Å². The van der Waals surface area contributed by atoms with Gasteiger partial charge in [-0.3, -0.25) is 9.10 Å². The zero-order chi connectivity index (χ0) is 13.2. The lowest BCUT2D eigenvalue weighted by Crippen LogP contribution is -2.37. The normalized spacial score (nSPS) is 18.4. The summed E-state index contributed by atoms with van der Waals surface area (Å²) in [5, 5.41) is 2.65. The molecule has 1 aliphatic rings. The van der Waals surface area contributed by atoms with Crippen molar-refractivity contribution >= 4 is 27.3 Å². The third-order valence-electron chi connectivity index (χ3n) is 2.82. The quantitative estimate of drug-likeness (QED) is 0.885. The van der Waals surface area contributed by atoms with Gasteiger partial charge in [-0.05, 0) is 37.1 Å². The summed E-state index contributed by atoms with van der Waals surface area (Å²) in [4.78, 5) is 10.9. The van der Waals surface area contributed by atoms with Gasteiger partial charge in [0.25, 0.3) is 0 Å². The summed E-state index contributed by atoms with van der Waals surface area (Å²) in [6, 6.07) is 6.85. The molecule has 1 N–H and O–H groups in total. The molecular formula is C12H16N2O3S. The van der Waals surface area contributed by atoms with Crippen LogP contribution in [-0.4, -0.2) is 26.6 Å². The number of carbonyl (C=O) groups excluding carboxylic acids is 1. The van der Waals surface area contributed by atoms with E-state index < -0.39 is 10.0 Å². The minimum absolute atomic E-state index is 0.145. The molecule has 1 heterocycles. The van der Waals surface area contributed by atoms with Gasteiger partial charge in [0.1, 0.15) is 0 Å². The lowest BCUT2D eigenvalue weighted by atomic mass is 10.2. The Balaban J connectivity index is 2.21. The zero-order valence-corrected chi connectivity index (χ0v) is 11.0. The highest BCUT2D eigenvalue weighted by Crippen LogP contribution is 2.24. The van der Waals surface area contributed by atoms with Gasteiger partial charge in [-0.1, -0.05) is 0 Å². The van der Waals surface area contributed by atoms with Crippen LogP contribution in [0.3, 0.4) is 0 Å². The van der Waals surface area contributed by atoms with Crippen molar-refractivity contribution in [2.75, 3.05) is 21.9 Å². The zero-order valence-electron chi connectivity index (χ0n) is 10.2. The number of rotatable bonds is 2. The molecule has 0 spiro atoms. The molecule has 0 radical (unpaired) electrons. The van der Waals surface area contributed by atoms with E-state index in [1.807, 2.05) is 0 Å². The Morgan fingerprint density at radius 1 is 1.22 bits per heavy atom. The van der Waals surface area contributed by atoms with Crippen molar-refractivity contribution in [3.63, 3.8) is 0 Å². The van der Waals surface area contributed by atoms with Crippen molar-refractivity contribution in [1.29, 1.82) is 0 Å². The molecular weight excluding hydrogens is 252 g/mol. The average Bonchev–Trinajstić information content (AvgIpc) is 2.29. The SMILES string of the molecule is CC(=O)Nc1ccc(N2CCCCS2(=O)=O)cc1. The van der Waals surface area contributed by atoms with E-state index in [0.29, 0.717) is 17.9 Å². The summed E-state index contributed by atoms with van der Waals surface area (Å²) in [6.45, 7) is 1.96. The van der Waals surface area contributed by atoms with Crippen LogP contribution in [0.1, 0.15) is 19.8 Å². The highest BCUT2D eigenvalue weighted by molar-refractivity contribution is 7.92. The molecule has 1 aromatic rings. The second kappa shape index (κ2) is 4.97. The first-order valence-electron chi connectivity index (χ1n) is 5.87. The third-order valence-corrected chi connectivity index (χ3v) is 4.69. The smallest absolute Gasteiger partial charge is 0.235 e. The van der Waals surface area contributed by atoms with E-state index in [1.165, 1.54) is 11.2 Å². The Kier molecular flexibility index (Phi) is 3.56. The van der Waals surface area contributed by atoms with Gasteiger partial charge in [-0.2, -0.15) is 0 Å². The molecule has 0 atom stereocenters. The highest BCUT2D eigenvalue weighted by atomic mass is 32.2. The number of amides is 1. The number of anilines is 2. The van der Waals surface area contributed by atoms with Gasteiger partial charge < -0.3 is 5.32 Å². The van der Waals surface area contributed by atoms with E-state index >= 15 is 0 Å². The molecule has 2 rings (SSSR count). The molecule has 1 amide bonds. The van der Waals surface area contributed by atoms with Gasteiger partial charge in [0, 0.05) is 19.2 Å². The average molecular weight is 268 g/mol. The van der Waals surface area contributed by atoms with Gasteiger partial charge in [0.2, 0.25) is 15.9 Å². The molecule has 98 valence electrons. The molecule has 0 bridgehead atoms. The minimum atomic E-state index is -3.17. The predicted molar refractivity (Wildman–Crippen MR) is 71.1 cm³/mol. The van der Waals surface area contributed by atoms with Crippen LogP contribution in [0.5, 0.6) is 0 Å². The number of nitrogens with one attached hydrogen (secondary N) is 1. The fourth-order valence-corrected chi connectivity index (χ4v) is 3.63. The van der Waals surface area contributed by atoms with Crippen LogP contribution in [0.15, 0.2) is 24.3 Å². The number of sulfonamides is 1. The summed E-state index contributed by atoms with van der Waals surface area (Å²) < 4.78 is 25.2. The van der Waals surface area contributed by atoms with Crippen molar-refractivity contribution in [1.82, 2.24) is 0 Å². The Morgan fingerprint density at radius 3 is 2.44 bits per heavy atom. The van der Waals surface area contributed by atoms with Crippen molar-refractivity contribution in [3.05, 3.63) is 24.3 Å². The van der Waals surface area contributed by atoms with E-state index in [9.17, 15) is 13.2 Å². The molecule has 0 saturated carbocycles. The first-order valence-corrected chi connectivity index (χ1v) is 7.48. The van der Waals surface area contributed by atoms with Crippen molar-refractivity contribution < 1.29 is 13.2 Å². The van der Waals surface area contributed by atoms with Crippen LogP contribution in [0.25, 0.3) is 0 Å². The molecule has 1 saturated heterocycles. The molecule has 5 nitrogen and oxygen atoms in total. The fraction of sp³-hybridized carbons (Fsp3) is 0.417. The molecule has 0 aliphatic carbocycles. The molecule has 1 fully saturated rings. The van der Waals surface area contributed by atoms with Gasteiger partial charge in [0.15, 0.2) is 0 Å². The lowest BCUT2D eigenvalue weighted by molar-refractivity contribution is -0.114. The standard InChI is InChI=1S/C12H16N2O3S/c1-10(15)13-11-4-6-12(7-5-11)14-8-2-3-9-18(14,16)17/h4-7H,2-3,8-9H2,1H3,(H,13,15). The summed E-state index contributed by atoms with van der Waals surface area (Å²) in [5.41, 5.74) is 1.32. The van der Waals surface area contributed by atoms with E-state index in [1.54, 1.807) is 24.3 Å². The maximum absolute atomic E-state index is 11.9. The fourth-order valence-electron chi connectivity index (χ4n) is 1.99. The topological polar surface area (TPSA) is 66.5 Å². The molecule has 0 unspecified atom stereocenters. The molecule has 0 aromatic heterocycles. The second-order valence-electron chi connectivity index (χ2n) is 4.32. The Bertz CT molecular complexity index is 537. The van der Waals surface area contributed by atoms with Crippen LogP contribution >= 0.6 is 0 Å². The summed E-state index contributed by atoms with van der Waals surface area (Å²) in [6.07, 6.45) is 1.61. The molecule has 6 heteroatoms. The van der Waals surface area contributed by atoms with Crippen molar-refractivity contribution in [2.24, 2.45) is 0 Å². The van der Waals surface area contributed by atoms with Crippen LogP contribution in [0.4, 0.5) is 11.4 Å². The summed E-state index contributed by atoms with van der Waals surface area (Å²) in [7, 11) is -3.17. The van der Waals surface area contributed by atoms with E-state index in [2.05, 4.69) is 5.32 Å². The monoisotopic (exact) mass is 268 g/mol. The molecule has 1 aromatic carbocycles. The first kappa shape index (κ1) is 12.9. The minimum Gasteiger partial charge on any atom is -0.326 e. The Labute approximate surface area is 107 Å². The largest absolute Gasteiger partial charge is 0.326 e. The van der Waals surface area contributed by atoms with E-state index in [-0.39, 0.29) is 11.7 Å². The van der Waals surface area contributed by atoms with Crippen LogP contribution in [0, 0.1) is 0 Å². The van der Waals surface area contributed by atoms with Gasteiger partial charge in [-0.25, -0.2) is 8.42 Å².